The third kappa shape index (κ3) is 2.72. The standard InChI is InChI=1S/C9H14N2O3.C2H6/c1-6(2)8-10-9(12)14-7-5-13-4-3-11(7)8;1-2/h6-7H,3-5H2,1-2H3;1-2H3. The van der Waals surface area contributed by atoms with Gasteiger partial charge in [0.2, 0.25) is 6.23 Å². The predicted molar refractivity (Wildman–Crippen MR) is 61.4 cm³/mol. The molecule has 0 radical (unpaired) electrons. The summed E-state index contributed by atoms with van der Waals surface area (Å²) in [6.45, 7) is 9.89. The molecule has 1 saturated heterocycles. The van der Waals surface area contributed by atoms with E-state index in [4.69, 9.17) is 9.47 Å². The number of amidine groups is 1. The Kier molecular flexibility index (Phi) is 4.73. The van der Waals surface area contributed by atoms with Crippen LogP contribution in [-0.4, -0.2) is 42.8 Å². The molecule has 92 valence electrons. The minimum Gasteiger partial charge on any atom is -0.421 e. The van der Waals surface area contributed by atoms with Gasteiger partial charge in [0, 0.05) is 12.5 Å². The summed E-state index contributed by atoms with van der Waals surface area (Å²) in [5.41, 5.74) is 0. The number of carbonyl (C=O) groups excluding carboxylic acids is 1. The minimum atomic E-state index is -0.500. The van der Waals surface area contributed by atoms with Crippen LogP contribution in [0.15, 0.2) is 4.99 Å². The molecule has 5 nitrogen and oxygen atoms in total. The van der Waals surface area contributed by atoms with Gasteiger partial charge in [0.25, 0.3) is 0 Å². The highest BCUT2D eigenvalue weighted by Crippen LogP contribution is 2.18. The van der Waals surface area contributed by atoms with Crippen molar-refractivity contribution < 1.29 is 14.3 Å². The number of aliphatic imine (C=N–C) groups is 1. The Labute approximate surface area is 96.4 Å². The van der Waals surface area contributed by atoms with Gasteiger partial charge in [-0.3, -0.25) is 0 Å². The van der Waals surface area contributed by atoms with Crippen LogP contribution < -0.4 is 0 Å². The van der Waals surface area contributed by atoms with Crippen molar-refractivity contribution in [1.82, 2.24) is 4.90 Å². The molecule has 2 aliphatic rings. The summed E-state index contributed by atoms with van der Waals surface area (Å²) < 4.78 is 10.3. The highest BCUT2D eigenvalue weighted by molar-refractivity contribution is 5.94. The average molecular weight is 228 g/mol. The number of amides is 1. The van der Waals surface area contributed by atoms with E-state index in [1.807, 2.05) is 32.6 Å². The van der Waals surface area contributed by atoms with Gasteiger partial charge in [-0.1, -0.05) is 27.7 Å². The first-order chi connectivity index (χ1) is 7.68. The highest BCUT2D eigenvalue weighted by atomic mass is 16.6. The quantitative estimate of drug-likeness (QED) is 0.687. The van der Waals surface area contributed by atoms with Crippen molar-refractivity contribution in [3.8, 4) is 0 Å². The summed E-state index contributed by atoms with van der Waals surface area (Å²) >= 11 is 0. The summed E-state index contributed by atoms with van der Waals surface area (Å²) in [6, 6.07) is 0. The molecule has 0 bridgehead atoms. The normalized spacial score (nSPS) is 24.1. The molecule has 1 atom stereocenters. The Morgan fingerprint density at radius 2 is 2.12 bits per heavy atom. The summed E-state index contributed by atoms with van der Waals surface area (Å²) in [5, 5.41) is 0. The number of ether oxygens (including phenoxy) is 2. The fourth-order valence-electron chi connectivity index (χ4n) is 1.70. The van der Waals surface area contributed by atoms with Crippen LogP contribution in [0.3, 0.4) is 0 Å². The molecule has 0 aromatic heterocycles. The molecule has 0 aromatic carbocycles. The van der Waals surface area contributed by atoms with E-state index < -0.39 is 6.09 Å². The number of hydrogen-bond acceptors (Lipinski definition) is 4. The third-order valence-electron chi connectivity index (χ3n) is 2.34. The van der Waals surface area contributed by atoms with Crippen molar-refractivity contribution in [1.29, 1.82) is 0 Å². The van der Waals surface area contributed by atoms with Gasteiger partial charge in [-0.15, -0.1) is 0 Å². The van der Waals surface area contributed by atoms with E-state index in [0.29, 0.717) is 13.2 Å². The number of morpholine rings is 1. The Balaban J connectivity index is 0.000000606. The van der Waals surface area contributed by atoms with Crippen molar-refractivity contribution >= 4 is 11.9 Å². The van der Waals surface area contributed by atoms with Crippen molar-refractivity contribution in [2.24, 2.45) is 10.9 Å². The van der Waals surface area contributed by atoms with Crippen LogP contribution in [-0.2, 0) is 9.47 Å². The smallest absolute Gasteiger partial charge is 0.421 e. The predicted octanol–water partition coefficient (Wildman–Crippen LogP) is 1.88. The molecular formula is C11H20N2O3. The van der Waals surface area contributed by atoms with Gasteiger partial charge < -0.3 is 14.4 Å². The lowest BCUT2D eigenvalue weighted by atomic mass is 10.1. The molecule has 16 heavy (non-hydrogen) atoms. The largest absolute Gasteiger partial charge is 0.437 e. The summed E-state index contributed by atoms with van der Waals surface area (Å²) in [6.07, 6.45) is -0.772. The molecular weight excluding hydrogens is 208 g/mol. The van der Waals surface area contributed by atoms with Gasteiger partial charge in [-0.2, -0.15) is 4.99 Å². The minimum absolute atomic E-state index is 0.239. The zero-order valence-corrected chi connectivity index (χ0v) is 10.4. The van der Waals surface area contributed by atoms with Crippen molar-refractivity contribution in [3.63, 3.8) is 0 Å². The molecule has 0 aromatic rings. The summed E-state index contributed by atoms with van der Waals surface area (Å²) in [7, 11) is 0. The molecule has 1 unspecified atom stereocenters. The first kappa shape index (κ1) is 13.0. The SMILES string of the molecule is CC.CC(C)C1=NC(=O)OC2COCCN12. The molecule has 0 saturated carbocycles. The lowest BCUT2D eigenvalue weighted by molar-refractivity contribution is -0.0843. The van der Waals surface area contributed by atoms with Gasteiger partial charge in [0.1, 0.15) is 12.4 Å². The molecule has 2 heterocycles. The fraction of sp³-hybridized carbons (Fsp3) is 0.818. The van der Waals surface area contributed by atoms with E-state index in [1.165, 1.54) is 0 Å². The Morgan fingerprint density at radius 3 is 2.75 bits per heavy atom. The first-order valence-corrected chi connectivity index (χ1v) is 5.82. The maximum atomic E-state index is 11.1. The molecule has 0 spiro atoms. The maximum absolute atomic E-state index is 11.1. The second-order valence-corrected chi connectivity index (χ2v) is 3.73. The summed E-state index contributed by atoms with van der Waals surface area (Å²) in [5.74, 6) is 1.05. The van der Waals surface area contributed by atoms with Gasteiger partial charge in [0.05, 0.1) is 6.61 Å². The van der Waals surface area contributed by atoms with Crippen LogP contribution in [0.5, 0.6) is 0 Å². The second kappa shape index (κ2) is 5.84. The third-order valence-corrected chi connectivity index (χ3v) is 2.34. The highest BCUT2D eigenvalue weighted by Gasteiger charge is 2.34. The van der Waals surface area contributed by atoms with Gasteiger partial charge in [-0.05, 0) is 0 Å². The van der Waals surface area contributed by atoms with Crippen LogP contribution in [0, 0.1) is 5.92 Å². The monoisotopic (exact) mass is 228 g/mol. The van der Waals surface area contributed by atoms with E-state index in [2.05, 4.69) is 4.99 Å². The molecule has 5 heteroatoms. The first-order valence-electron chi connectivity index (χ1n) is 5.82. The van der Waals surface area contributed by atoms with Crippen LogP contribution in [0.2, 0.25) is 0 Å². The molecule has 0 aliphatic carbocycles. The number of nitrogens with zero attached hydrogens (tertiary/aromatic N) is 2. The Morgan fingerprint density at radius 1 is 1.44 bits per heavy atom. The van der Waals surface area contributed by atoms with E-state index in [0.717, 1.165) is 12.4 Å². The van der Waals surface area contributed by atoms with Crippen molar-refractivity contribution in [2.45, 2.75) is 33.9 Å². The molecule has 2 rings (SSSR count). The lowest BCUT2D eigenvalue weighted by Crippen LogP contribution is -2.54. The molecule has 1 fully saturated rings. The van der Waals surface area contributed by atoms with Crippen LogP contribution in [0.25, 0.3) is 0 Å². The average Bonchev–Trinajstić information content (AvgIpc) is 2.30. The maximum Gasteiger partial charge on any atom is 0.437 e. The van der Waals surface area contributed by atoms with Crippen LogP contribution in [0.4, 0.5) is 4.79 Å². The number of hydrogen-bond donors (Lipinski definition) is 0. The molecule has 2 aliphatic heterocycles. The van der Waals surface area contributed by atoms with E-state index >= 15 is 0 Å². The molecule has 0 N–H and O–H groups in total. The van der Waals surface area contributed by atoms with Gasteiger partial charge in [0.15, 0.2) is 0 Å². The Bertz CT molecular complexity index is 276. The van der Waals surface area contributed by atoms with Gasteiger partial charge >= 0.3 is 6.09 Å². The Hall–Kier alpha value is -1.10. The molecule has 1 amide bonds. The summed E-state index contributed by atoms with van der Waals surface area (Å²) in [4.78, 5) is 17.0. The zero-order valence-electron chi connectivity index (χ0n) is 10.4. The van der Waals surface area contributed by atoms with E-state index in [1.54, 1.807) is 0 Å². The fourth-order valence-corrected chi connectivity index (χ4v) is 1.70. The number of carbonyl (C=O) groups is 1. The van der Waals surface area contributed by atoms with E-state index in [9.17, 15) is 4.79 Å². The lowest BCUT2D eigenvalue weighted by Gasteiger charge is -2.40. The van der Waals surface area contributed by atoms with Crippen molar-refractivity contribution in [3.05, 3.63) is 0 Å². The number of fused-ring (bicyclic) bond motifs is 1. The number of rotatable bonds is 1. The van der Waals surface area contributed by atoms with Gasteiger partial charge in [-0.25, -0.2) is 4.79 Å². The van der Waals surface area contributed by atoms with Crippen LogP contribution in [0.1, 0.15) is 27.7 Å². The topological polar surface area (TPSA) is 51.1 Å². The van der Waals surface area contributed by atoms with Crippen molar-refractivity contribution in [2.75, 3.05) is 19.8 Å². The second-order valence-electron chi connectivity index (χ2n) is 3.73. The zero-order chi connectivity index (χ0) is 12.1. The van der Waals surface area contributed by atoms with Crippen LogP contribution >= 0.6 is 0 Å². The van der Waals surface area contributed by atoms with E-state index in [-0.39, 0.29) is 12.1 Å².